The van der Waals surface area contributed by atoms with E-state index in [-0.39, 0.29) is 0 Å². The van der Waals surface area contributed by atoms with Crippen molar-refractivity contribution in [1.29, 1.82) is 0 Å². The van der Waals surface area contributed by atoms with Gasteiger partial charge in [-0.3, -0.25) is 4.79 Å². The Morgan fingerprint density at radius 3 is 2.52 bits per heavy atom. The zero-order valence-electron chi connectivity index (χ0n) is 13.5. The average molecular weight is 309 g/mol. The molecule has 0 aliphatic carbocycles. The molecular weight excluding hydrogens is 282 g/mol. The van der Waals surface area contributed by atoms with Crippen molar-refractivity contribution in [3.05, 3.63) is 29.3 Å². The number of nitrogens with one attached hydrogen (secondary N) is 1. The SMILES string of the molecule is CCNC(CC)(CCCSc1ccc(C)c(C)c1)C(=O)O. The molecule has 1 aromatic rings. The van der Waals surface area contributed by atoms with Gasteiger partial charge in [-0.25, -0.2) is 0 Å². The van der Waals surface area contributed by atoms with Gasteiger partial charge in [-0.2, -0.15) is 0 Å². The average Bonchev–Trinajstić information content (AvgIpc) is 2.45. The van der Waals surface area contributed by atoms with E-state index in [0.29, 0.717) is 19.4 Å². The molecule has 0 amide bonds. The van der Waals surface area contributed by atoms with E-state index in [2.05, 4.69) is 37.4 Å². The molecule has 0 fully saturated rings. The Morgan fingerprint density at radius 1 is 1.29 bits per heavy atom. The number of carboxylic acid groups (broad SMARTS) is 1. The lowest BCUT2D eigenvalue weighted by molar-refractivity contribution is -0.145. The number of thioether (sulfide) groups is 1. The number of aliphatic carboxylic acids is 1. The van der Waals surface area contributed by atoms with Gasteiger partial charge in [0.1, 0.15) is 5.54 Å². The summed E-state index contributed by atoms with van der Waals surface area (Å²) in [5.74, 6) is 0.214. The van der Waals surface area contributed by atoms with E-state index in [1.54, 1.807) is 11.8 Å². The molecule has 1 aromatic carbocycles. The van der Waals surface area contributed by atoms with Crippen LogP contribution in [0.25, 0.3) is 0 Å². The minimum atomic E-state index is -0.765. The molecule has 1 rings (SSSR count). The van der Waals surface area contributed by atoms with Crippen LogP contribution in [0.4, 0.5) is 0 Å². The first-order valence-corrected chi connectivity index (χ1v) is 8.62. The molecule has 21 heavy (non-hydrogen) atoms. The van der Waals surface area contributed by atoms with Crippen molar-refractivity contribution in [1.82, 2.24) is 5.32 Å². The third-order valence-corrected chi connectivity index (χ3v) is 5.10. The molecular formula is C17H27NO2S. The van der Waals surface area contributed by atoms with E-state index in [1.165, 1.54) is 16.0 Å². The van der Waals surface area contributed by atoms with E-state index in [9.17, 15) is 9.90 Å². The van der Waals surface area contributed by atoms with Crippen LogP contribution in [-0.2, 0) is 4.79 Å². The molecule has 1 unspecified atom stereocenters. The van der Waals surface area contributed by atoms with Gasteiger partial charge >= 0.3 is 5.97 Å². The third kappa shape index (κ3) is 5.04. The lowest BCUT2D eigenvalue weighted by Crippen LogP contribution is -2.51. The summed E-state index contributed by atoms with van der Waals surface area (Å²) in [4.78, 5) is 12.8. The monoisotopic (exact) mass is 309 g/mol. The van der Waals surface area contributed by atoms with Crippen LogP contribution < -0.4 is 5.32 Å². The van der Waals surface area contributed by atoms with E-state index in [4.69, 9.17) is 0 Å². The van der Waals surface area contributed by atoms with Crippen LogP contribution in [0.5, 0.6) is 0 Å². The van der Waals surface area contributed by atoms with Crippen LogP contribution in [0.3, 0.4) is 0 Å². The van der Waals surface area contributed by atoms with Gasteiger partial charge in [0.25, 0.3) is 0 Å². The van der Waals surface area contributed by atoms with Gasteiger partial charge in [0.15, 0.2) is 0 Å². The Hall–Kier alpha value is -1.00. The number of aryl methyl sites for hydroxylation is 2. The quantitative estimate of drug-likeness (QED) is 0.534. The summed E-state index contributed by atoms with van der Waals surface area (Å²) in [6, 6.07) is 6.49. The van der Waals surface area contributed by atoms with Crippen molar-refractivity contribution in [2.75, 3.05) is 12.3 Å². The van der Waals surface area contributed by atoms with Crippen LogP contribution in [0.1, 0.15) is 44.2 Å². The first-order valence-electron chi connectivity index (χ1n) is 7.63. The lowest BCUT2D eigenvalue weighted by Gasteiger charge is -2.29. The number of carbonyl (C=O) groups is 1. The highest BCUT2D eigenvalue weighted by atomic mass is 32.2. The van der Waals surface area contributed by atoms with Crippen LogP contribution >= 0.6 is 11.8 Å². The molecule has 0 spiro atoms. The molecule has 118 valence electrons. The second-order valence-corrected chi connectivity index (χ2v) is 6.64. The number of rotatable bonds is 9. The van der Waals surface area contributed by atoms with Gasteiger partial charge in [-0.15, -0.1) is 11.8 Å². The molecule has 0 bridgehead atoms. The highest BCUT2D eigenvalue weighted by Crippen LogP contribution is 2.25. The van der Waals surface area contributed by atoms with Crippen molar-refractivity contribution in [2.45, 2.75) is 57.4 Å². The number of carboxylic acids is 1. The third-order valence-electron chi connectivity index (χ3n) is 4.02. The molecule has 0 saturated heterocycles. The van der Waals surface area contributed by atoms with Gasteiger partial charge in [0, 0.05) is 4.90 Å². The summed E-state index contributed by atoms with van der Waals surface area (Å²) in [7, 11) is 0. The molecule has 0 aliphatic rings. The Kier molecular flexibility index (Phi) is 7.26. The van der Waals surface area contributed by atoms with E-state index in [0.717, 1.165) is 12.2 Å². The maximum atomic E-state index is 11.5. The van der Waals surface area contributed by atoms with Crippen LogP contribution in [-0.4, -0.2) is 28.9 Å². The summed E-state index contributed by atoms with van der Waals surface area (Å²) in [5.41, 5.74) is 1.85. The maximum Gasteiger partial charge on any atom is 0.323 e. The summed E-state index contributed by atoms with van der Waals surface area (Å²) >= 11 is 1.80. The van der Waals surface area contributed by atoms with Gasteiger partial charge in [-0.05, 0) is 68.7 Å². The molecule has 3 nitrogen and oxygen atoms in total. The number of hydrogen-bond acceptors (Lipinski definition) is 3. The fourth-order valence-electron chi connectivity index (χ4n) is 2.43. The molecule has 4 heteroatoms. The van der Waals surface area contributed by atoms with Crippen molar-refractivity contribution in [3.63, 3.8) is 0 Å². The van der Waals surface area contributed by atoms with Crippen molar-refractivity contribution in [2.24, 2.45) is 0 Å². The molecule has 0 aliphatic heterocycles. The largest absolute Gasteiger partial charge is 0.480 e. The topological polar surface area (TPSA) is 49.3 Å². The van der Waals surface area contributed by atoms with Gasteiger partial charge in [0.05, 0.1) is 0 Å². The molecule has 0 heterocycles. The highest BCUT2D eigenvalue weighted by Gasteiger charge is 2.34. The fourth-order valence-corrected chi connectivity index (χ4v) is 3.38. The number of benzene rings is 1. The van der Waals surface area contributed by atoms with E-state index < -0.39 is 11.5 Å². The minimum Gasteiger partial charge on any atom is -0.480 e. The number of likely N-dealkylation sites (N-methyl/N-ethyl adjacent to an activating group) is 1. The van der Waals surface area contributed by atoms with Gasteiger partial charge in [-0.1, -0.05) is 19.9 Å². The van der Waals surface area contributed by atoms with Crippen LogP contribution in [0.15, 0.2) is 23.1 Å². The van der Waals surface area contributed by atoms with Crippen LogP contribution in [0.2, 0.25) is 0 Å². The molecule has 2 N–H and O–H groups in total. The van der Waals surface area contributed by atoms with Gasteiger partial charge < -0.3 is 10.4 Å². The van der Waals surface area contributed by atoms with E-state index >= 15 is 0 Å². The normalized spacial score (nSPS) is 13.9. The Morgan fingerprint density at radius 2 is 2.00 bits per heavy atom. The molecule has 1 atom stereocenters. The summed E-state index contributed by atoms with van der Waals surface area (Å²) < 4.78 is 0. The van der Waals surface area contributed by atoms with Gasteiger partial charge in [0.2, 0.25) is 0 Å². The highest BCUT2D eigenvalue weighted by molar-refractivity contribution is 7.99. The second-order valence-electron chi connectivity index (χ2n) is 5.47. The number of hydrogen-bond donors (Lipinski definition) is 2. The predicted molar refractivity (Wildman–Crippen MR) is 90.2 cm³/mol. The zero-order chi connectivity index (χ0) is 15.9. The molecule has 0 aromatic heterocycles. The first kappa shape index (κ1) is 18.1. The zero-order valence-corrected chi connectivity index (χ0v) is 14.3. The first-order chi connectivity index (χ1) is 9.95. The summed E-state index contributed by atoms with van der Waals surface area (Å²) in [5, 5.41) is 12.6. The summed E-state index contributed by atoms with van der Waals surface area (Å²) in [6.07, 6.45) is 2.18. The standard InChI is InChI=1S/C17H27NO2S/c1-5-17(16(19)20,18-6-2)10-7-11-21-15-9-8-13(3)14(4)12-15/h8-9,12,18H,5-7,10-11H2,1-4H3,(H,19,20). The second kappa shape index (κ2) is 8.44. The fraction of sp³-hybridized carbons (Fsp3) is 0.588. The molecule has 0 saturated carbocycles. The van der Waals surface area contributed by atoms with E-state index in [1.807, 2.05) is 13.8 Å². The minimum absolute atomic E-state index is 0.616. The van der Waals surface area contributed by atoms with Crippen molar-refractivity contribution in [3.8, 4) is 0 Å². The van der Waals surface area contributed by atoms with Crippen molar-refractivity contribution < 1.29 is 9.90 Å². The van der Waals surface area contributed by atoms with Crippen molar-refractivity contribution >= 4 is 17.7 Å². The lowest BCUT2D eigenvalue weighted by atomic mass is 9.91. The van der Waals surface area contributed by atoms with Crippen LogP contribution in [0, 0.1) is 13.8 Å². The Balaban J connectivity index is 2.51. The Labute approximate surface area is 132 Å². The Bertz CT molecular complexity index is 476. The maximum absolute atomic E-state index is 11.5. The summed E-state index contributed by atoms with van der Waals surface area (Å²) in [6.45, 7) is 8.81. The molecule has 0 radical (unpaired) electrons. The predicted octanol–water partition coefficient (Wildman–Crippen LogP) is 4.02. The smallest absolute Gasteiger partial charge is 0.323 e.